The molecule has 2 rings (SSSR count). The molecule has 0 aromatic heterocycles. The summed E-state index contributed by atoms with van der Waals surface area (Å²) in [6.45, 7) is 13.8. The molecule has 0 aliphatic carbocycles. The standard InChI is InChI=1S/C22H30N2S/c1-7-9-10-11-19(8-2)21-13-23-22(24-21)25-14-20-17(5)15(3)12-16(4)18(20)6/h7-12,21H,13-14H2,1-6H3,(H,23,24)/b9-7-,11-10-,19-8+/t21-/m0/s1. The Morgan fingerprint density at radius 2 is 1.84 bits per heavy atom. The summed E-state index contributed by atoms with van der Waals surface area (Å²) >= 11 is 1.82. The predicted octanol–water partition coefficient (Wildman–Crippen LogP) is 5.56. The first-order chi connectivity index (χ1) is 12.0. The second-order valence-corrected chi connectivity index (χ2v) is 7.51. The minimum absolute atomic E-state index is 0.287. The van der Waals surface area contributed by atoms with Gasteiger partial charge in [-0.1, -0.05) is 48.2 Å². The van der Waals surface area contributed by atoms with Crippen LogP contribution in [0.15, 0.2) is 47.0 Å². The summed E-state index contributed by atoms with van der Waals surface area (Å²) in [4.78, 5) is 4.71. The predicted molar refractivity (Wildman–Crippen MR) is 114 cm³/mol. The van der Waals surface area contributed by atoms with Gasteiger partial charge in [-0.3, -0.25) is 4.99 Å². The third-order valence-corrected chi connectivity index (χ3v) is 5.87. The number of rotatable bonds is 5. The van der Waals surface area contributed by atoms with Crippen molar-refractivity contribution in [2.75, 3.05) is 6.54 Å². The zero-order chi connectivity index (χ0) is 18.4. The van der Waals surface area contributed by atoms with Crippen LogP contribution >= 0.6 is 11.8 Å². The van der Waals surface area contributed by atoms with E-state index in [1.54, 1.807) is 0 Å². The first kappa shape index (κ1) is 19.6. The molecule has 2 nitrogen and oxygen atoms in total. The van der Waals surface area contributed by atoms with Gasteiger partial charge in [-0.2, -0.15) is 0 Å². The summed E-state index contributed by atoms with van der Waals surface area (Å²) < 4.78 is 0. The van der Waals surface area contributed by atoms with Gasteiger partial charge in [-0.25, -0.2) is 0 Å². The normalized spacial score (nSPS) is 18.2. The van der Waals surface area contributed by atoms with Gasteiger partial charge in [-0.15, -0.1) is 0 Å². The molecule has 1 aromatic carbocycles. The molecule has 0 fully saturated rings. The zero-order valence-corrected chi connectivity index (χ0v) is 17.1. The Labute approximate surface area is 157 Å². The number of thioether (sulfide) groups is 1. The average molecular weight is 355 g/mol. The highest BCUT2D eigenvalue weighted by Crippen LogP contribution is 2.27. The first-order valence-electron chi connectivity index (χ1n) is 8.93. The van der Waals surface area contributed by atoms with Gasteiger partial charge in [0.1, 0.15) is 0 Å². The van der Waals surface area contributed by atoms with Crippen LogP contribution in [0.5, 0.6) is 0 Å². The maximum Gasteiger partial charge on any atom is 0.157 e. The van der Waals surface area contributed by atoms with Crippen molar-refractivity contribution in [2.24, 2.45) is 4.99 Å². The number of hydrogen-bond donors (Lipinski definition) is 1. The SMILES string of the molecule is C\C=C/C=C\C(=C/C)[C@@H]1CN=C(SCc2c(C)c(C)cc(C)c2C)N1. The summed E-state index contributed by atoms with van der Waals surface area (Å²) in [7, 11) is 0. The summed E-state index contributed by atoms with van der Waals surface area (Å²) in [6, 6.07) is 2.57. The quantitative estimate of drug-likeness (QED) is 0.700. The van der Waals surface area contributed by atoms with E-state index in [4.69, 9.17) is 4.99 Å². The van der Waals surface area contributed by atoms with E-state index in [2.05, 4.69) is 70.3 Å². The lowest BCUT2D eigenvalue weighted by molar-refractivity contribution is 0.769. The Hall–Kier alpha value is -1.74. The second kappa shape index (κ2) is 9.10. The van der Waals surface area contributed by atoms with Gasteiger partial charge in [0.05, 0.1) is 12.6 Å². The molecule has 25 heavy (non-hydrogen) atoms. The Morgan fingerprint density at radius 1 is 1.16 bits per heavy atom. The fraction of sp³-hybridized carbons (Fsp3) is 0.409. The first-order valence-corrected chi connectivity index (χ1v) is 9.92. The molecule has 0 saturated carbocycles. The number of allylic oxidation sites excluding steroid dienone is 4. The number of hydrogen-bond acceptors (Lipinski definition) is 3. The average Bonchev–Trinajstić information content (AvgIpc) is 3.06. The topological polar surface area (TPSA) is 24.4 Å². The third kappa shape index (κ3) is 4.88. The van der Waals surface area contributed by atoms with Gasteiger partial charge in [0, 0.05) is 5.75 Å². The number of nitrogens with zero attached hydrogens (tertiary/aromatic N) is 1. The number of aryl methyl sites for hydroxylation is 2. The van der Waals surface area contributed by atoms with E-state index < -0.39 is 0 Å². The van der Waals surface area contributed by atoms with Gasteiger partial charge in [0.25, 0.3) is 0 Å². The molecule has 0 amide bonds. The smallest absolute Gasteiger partial charge is 0.157 e. The Kier molecular flexibility index (Phi) is 7.12. The fourth-order valence-electron chi connectivity index (χ4n) is 3.04. The highest BCUT2D eigenvalue weighted by molar-refractivity contribution is 8.13. The molecule has 0 spiro atoms. The van der Waals surface area contributed by atoms with Crippen LogP contribution in [0.25, 0.3) is 0 Å². The highest BCUT2D eigenvalue weighted by Gasteiger charge is 2.20. The van der Waals surface area contributed by atoms with Crippen molar-refractivity contribution in [3.8, 4) is 0 Å². The van der Waals surface area contributed by atoms with Crippen molar-refractivity contribution in [2.45, 2.75) is 53.3 Å². The number of nitrogens with one attached hydrogen (secondary N) is 1. The monoisotopic (exact) mass is 354 g/mol. The van der Waals surface area contributed by atoms with Crippen molar-refractivity contribution in [3.63, 3.8) is 0 Å². The third-order valence-electron chi connectivity index (χ3n) is 4.92. The number of aliphatic imine (C=N–C) groups is 1. The van der Waals surface area contributed by atoms with Crippen molar-refractivity contribution in [1.82, 2.24) is 5.32 Å². The van der Waals surface area contributed by atoms with Crippen molar-refractivity contribution >= 4 is 16.9 Å². The molecule has 0 unspecified atom stereocenters. The molecular weight excluding hydrogens is 324 g/mol. The number of benzene rings is 1. The molecule has 1 aliphatic rings. The van der Waals surface area contributed by atoms with Crippen molar-refractivity contribution in [1.29, 1.82) is 0 Å². The van der Waals surface area contributed by atoms with E-state index in [-0.39, 0.29) is 6.04 Å². The largest absolute Gasteiger partial charge is 0.356 e. The Bertz CT molecular complexity index is 713. The van der Waals surface area contributed by atoms with Crippen LogP contribution < -0.4 is 5.32 Å². The Morgan fingerprint density at radius 3 is 2.44 bits per heavy atom. The second-order valence-electron chi connectivity index (χ2n) is 6.54. The van der Waals surface area contributed by atoms with E-state index in [0.717, 1.165) is 17.5 Å². The van der Waals surface area contributed by atoms with Crippen molar-refractivity contribution < 1.29 is 0 Å². The van der Waals surface area contributed by atoms with Gasteiger partial charge >= 0.3 is 0 Å². The molecule has 1 atom stereocenters. The van der Waals surface area contributed by atoms with Crippen LogP contribution in [0.2, 0.25) is 0 Å². The maximum atomic E-state index is 4.71. The Balaban J connectivity index is 2.01. The maximum absolute atomic E-state index is 4.71. The summed E-state index contributed by atoms with van der Waals surface area (Å²) in [5, 5.41) is 4.63. The van der Waals surface area contributed by atoms with E-state index in [1.165, 1.54) is 33.4 Å². The van der Waals surface area contributed by atoms with Crippen LogP contribution in [0, 0.1) is 27.7 Å². The van der Waals surface area contributed by atoms with E-state index in [1.807, 2.05) is 24.8 Å². The minimum atomic E-state index is 0.287. The molecule has 0 saturated heterocycles. The summed E-state index contributed by atoms with van der Waals surface area (Å²) in [5.41, 5.74) is 8.32. The minimum Gasteiger partial charge on any atom is -0.356 e. The molecule has 1 heterocycles. The zero-order valence-electron chi connectivity index (χ0n) is 16.3. The molecule has 0 bridgehead atoms. The summed E-state index contributed by atoms with van der Waals surface area (Å²) in [6.07, 6.45) is 10.5. The van der Waals surface area contributed by atoms with Gasteiger partial charge in [-0.05, 0) is 74.9 Å². The lowest BCUT2D eigenvalue weighted by Gasteiger charge is -2.16. The molecular formula is C22H30N2S. The van der Waals surface area contributed by atoms with Crippen LogP contribution in [0.1, 0.15) is 41.7 Å². The molecule has 0 radical (unpaired) electrons. The highest BCUT2D eigenvalue weighted by atomic mass is 32.2. The van der Waals surface area contributed by atoms with Crippen LogP contribution in [0.4, 0.5) is 0 Å². The van der Waals surface area contributed by atoms with Crippen molar-refractivity contribution in [3.05, 3.63) is 69.8 Å². The van der Waals surface area contributed by atoms with E-state index in [0.29, 0.717) is 0 Å². The van der Waals surface area contributed by atoms with Gasteiger partial charge < -0.3 is 5.32 Å². The summed E-state index contributed by atoms with van der Waals surface area (Å²) in [5.74, 6) is 0.971. The molecule has 1 N–H and O–H groups in total. The van der Waals surface area contributed by atoms with Crippen LogP contribution in [-0.4, -0.2) is 17.8 Å². The van der Waals surface area contributed by atoms with Crippen LogP contribution in [0.3, 0.4) is 0 Å². The molecule has 1 aromatic rings. The van der Waals surface area contributed by atoms with Gasteiger partial charge in [0.2, 0.25) is 0 Å². The number of amidine groups is 1. The lowest BCUT2D eigenvalue weighted by atomic mass is 9.95. The molecule has 1 aliphatic heterocycles. The van der Waals surface area contributed by atoms with E-state index >= 15 is 0 Å². The van der Waals surface area contributed by atoms with Gasteiger partial charge in [0.15, 0.2) is 5.17 Å². The lowest BCUT2D eigenvalue weighted by Crippen LogP contribution is -2.30. The molecule has 134 valence electrons. The fourth-order valence-corrected chi connectivity index (χ4v) is 4.14. The van der Waals surface area contributed by atoms with Crippen LogP contribution in [-0.2, 0) is 5.75 Å². The van der Waals surface area contributed by atoms with E-state index in [9.17, 15) is 0 Å². The molecule has 3 heteroatoms.